The number of hydrogen-bond donors (Lipinski definition) is 2. The van der Waals surface area contributed by atoms with Crippen molar-refractivity contribution in [3.05, 3.63) is 29.8 Å². The molecule has 0 amide bonds. The fraction of sp³-hybridized carbons (Fsp3) is 0.429. The Morgan fingerprint density at radius 2 is 1.80 bits per heavy atom. The molecule has 2 N–H and O–H groups in total. The topological polar surface area (TPSA) is 75.6 Å². The van der Waals surface area contributed by atoms with Gasteiger partial charge in [-0.05, 0) is 37.1 Å². The summed E-state index contributed by atoms with van der Waals surface area (Å²) in [7, 11) is 1.39. The first kappa shape index (κ1) is 19.0. The molecule has 106 valence electrons. The minimum absolute atomic E-state index is 0. The quantitative estimate of drug-likeness (QED) is 0.434. The van der Waals surface area contributed by atoms with Gasteiger partial charge in [0.1, 0.15) is 0 Å². The molecule has 1 rings (SSSR count). The molecule has 0 unspecified atom stereocenters. The summed E-state index contributed by atoms with van der Waals surface area (Å²) in [5, 5.41) is 12.0. The number of hydrogen-bond acceptors (Lipinski definition) is 4. The number of benzene rings is 1. The van der Waals surface area contributed by atoms with E-state index in [9.17, 15) is 9.59 Å². The average Bonchev–Trinajstić information content (AvgIpc) is 2.42. The van der Waals surface area contributed by atoms with Crippen molar-refractivity contribution in [1.29, 1.82) is 0 Å². The normalized spacial score (nSPS) is 9.45. The van der Waals surface area contributed by atoms with Crippen molar-refractivity contribution in [3.8, 4) is 0 Å². The molecule has 0 atom stereocenters. The van der Waals surface area contributed by atoms with Crippen molar-refractivity contribution < 1.29 is 19.4 Å². The van der Waals surface area contributed by atoms with E-state index in [1.54, 1.807) is 24.3 Å². The summed E-state index contributed by atoms with van der Waals surface area (Å²) >= 11 is 0. The second-order valence-electron chi connectivity index (χ2n) is 4.20. The maximum absolute atomic E-state index is 10.9. The van der Waals surface area contributed by atoms with Crippen LogP contribution in [0.5, 0.6) is 0 Å². The summed E-state index contributed by atoms with van der Waals surface area (Å²) in [6.07, 6.45) is 3.20. The second kappa shape index (κ2) is 10.7. The number of anilines is 1. The van der Waals surface area contributed by atoms with Crippen LogP contribution in [-0.2, 0) is 9.53 Å². The van der Waals surface area contributed by atoms with Crippen LogP contribution in [-0.4, -0.2) is 60.3 Å². The number of esters is 1. The number of carboxylic acids is 1. The van der Waals surface area contributed by atoms with Crippen molar-refractivity contribution in [2.24, 2.45) is 0 Å². The van der Waals surface area contributed by atoms with E-state index < -0.39 is 5.97 Å². The van der Waals surface area contributed by atoms with Crippen LogP contribution in [0.2, 0.25) is 0 Å². The Balaban J connectivity index is 0.00000361. The number of nitrogens with one attached hydrogen (secondary N) is 1. The van der Waals surface area contributed by atoms with Gasteiger partial charge < -0.3 is 15.2 Å². The van der Waals surface area contributed by atoms with Gasteiger partial charge in [-0.3, -0.25) is 4.79 Å². The molecular weight excluding hydrogens is 269 g/mol. The summed E-state index contributed by atoms with van der Waals surface area (Å²) in [4.78, 5) is 21.5. The van der Waals surface area contributed by atoms with E-state index in [0.29, 0.717) is 6.42 Å². The second-order valence-corrected chi connectivity index (χ2v) is 4.20. The first-order valence-electron chi connectivity index (χ1n) is 6.27. The van der Waals surface area contributed by atoms with Gasteiger partial charge in [-0.15, -0.1) is 0 Å². The van der Waals surface area contributed by atoms with E-state index >= 15 is 0 Å². The fourth-order valence-electron chi connectivity index (χ4n) is 1.64. The Kier molecular flexibility index (Phi) is 10.2. The van der Waals surface area contributed by atoms with E-state index in [2.05, 4.69) is 10.1 Å². The molecule has 1 aromatic carbocycles. The van der Waals surface area contributed by atoms with Crippen molar-refractivity contribution in [2.45, 2.75) is 25.7 Å². The predicted molar refractivity (Wildman–Crippen MR) is 79.5 cm³/mol. The van der Waals surface area contributed by atoms with Crippen molar-refractivity contribution in [1.82, 2.24) is 0 Å². The zero-order valence-electron chi connectivity index (χ0n) is 11.0. The summed E-state index contributed by atoms with van der Waals surface area (Å²) in [6.45, 7) is 0.799. The summed E-state index contributed by atoms with van der Waals surface area (Å²) in [6, 6.07) is 6.64. The monoisotopic (exact) mass is 289 g/mol. The van der Waals surface area contributed by atoms with Gasteiger partial charge in [0, 0.05) is 18.7 Å². The van der Waals surface area contributed by atoms with Crippen molar-refractivity contribution in [3.63, 3.8) is 0 Å². The van der Waals surface area contributed by atoms with Crippen molar-refractivity contribution in [2.75, 3.05) is 19.0 Å². The zero-order chi connectivity index (χ0) is 14.1. The van der Waals surface area contributed by atoms with Crippen LogP contribution in [0.3, 0.4) is 0 Å². The van der Waals surface area contributed by atoms with Gasteiger partial charge >= 0.3 is 41.5 Å². The van der Waals surface area contributed by atoms with Gasteiger partial charge in [0.05, 0.1) is 12.7 Å². The Labute approximate surface area is 141 Å². The molecular formula is C14H20NNaO4. The molecule has 20 heavy (non-hydrogen) atoms. The van der Waals surface area contributed by atoms with Crippen LogP contribution in [0.15, 0.2) is 24.3 Å². The molecule has 1 aromatic rings. The van der Waals surface area contributed by atoms with E-state index in [0.717, 1.165) is 31.5 Å². The first-order valence-corrected chi connectivity index (χ1v) is 6.27. The molecule has 6 heteroatoms. The molecule has 0 aliphatic carbocycles. The fourth-order valence-corrected chi connectivity index (χ4v) is 1.64. The number of carboxylic acid groups (broad SMARTS) is 1. The summed E-state index contributed by atoms with van der Waals surface area (Å²) in [5.41, 5.74) is 1.18. The van der Waals surface area contributed by atoms with Gasteiger partial charge in [0.25, 0.3) is 0 Å². The number of carbonyl (C=O) groups is 2. The molecule has 0 aliphatic heterocycles. The molecule has 0 aromatic heterocycles. The summed E-state index contributed by atoms with van der Waals surface area (Å²) < 4.78 is 4.55. The third-order valence-corrected chi connectivity index (χ3v) is 2.75. The van der Waals surface area contributed by atoms with Gasteiger partial charge in [-0.2, -0.15) is 0 Å². The van der Waals surface area contributed by atoms with Crippen LogP contribution >= 0.6 is 0 Å². The molecule has 0 saturated carbocycles. The van der Waals surface area contributed by atoms with Crippen LogP contribution in [0, 0.1) is 0 Å². The first-order chi connectivity index (χ1) is 9.13. The minimum atomic E-state index is -0.922. The van der Waals surface area contributed by atoms with Crippen LogP contribution < -0.4 is 5.32 Å². The molecule has 0 aliphatic rings. The van der Waals surface area contributed by atoms with Crippen LogP contribution in [0.25, 0.3) is 0 Å². The van der Waals surface area contributed by atoms with Gasteiger partial charge in [-0.1, -0.05) is 6.42 Å². The number of ether oxygens (including phenoxy) is 1. The molecule has 0 fully saturated rings. The molecule has 0 saturated heterocycles. The van der Waals surface area contributed by atoms with E-state index in [1.165, 1.54) is 7.11 Å². The van der Waals surface area contributed by atoms with E-state index in [4.69, 9.17) is 5.11 Å². The zero-order valence-corrected chi connectivity index (χ0v) is 11.0. The third-order valence-electron chi connectivity index (χ3n) is 2.75. The standard InChI is InChI=1S/C14H19NO4.Na.H/c1-19-13(16)5-3-2-4-10-15-12-8-6-11(7-9-12)14(17)18;;/h6-9,15H,2-5,10H2,1H3,(H,17,18);;. The number of aromatic carboxylic acids is 1. The molecule has 0 spiro atoms. The van der Waals surface area contributed by atoms with Gasteiger partial charge in [-0.25, -0.2) is 4.79 Å². The number of unbranched alkanes of at least 4 members (excludes halogenated alkanes) is 2. The predicted octanol–water partition coefficient (Wildman–Crippen LogP) is 1.88. The molecule has 0 bridgehead atoms. The maximum atomic E-state index is 10.9. The molecule has 0 radical (unpaired) electrons. The number of methoxy groups -OCH3 is 1. The Bertz CT molecular complexity index is 420. The van der Waals surface area contributed by atoms with E-state index in [1.807, 2.05) is 0 Å². The SMILES string of the molecule is COC(=O)CCCCCNc1ccc(C(=O)O)cc1.[NaH]. The van der Waals surface area contributed by atoms with E-state index in [-0.39, 0.29) is 41.1 Å². The molecule has 0 heterocycles. The number of rotatable bonds is 8. The number of carbonyl (C=O) groups excluding carboxylic acids is 1. The van der Waals surface area contributed by atoms with Crippen molar-refractivity contribution >= 4 is 47.2 Å². The van der Waals surface area contributed by atoms with Gasteiger partial charge in [0.2, 0.25) is 0 Å². The summed E-state index contributed by atoms with van der Waals surface area (Å²) in [5.74, 6) is -1.09. The van der Waals surface area contributed by atoms with Crippen LogP contribution in [0.1, 0.15) is 36.0 Å². The Hall–Kier alpha value is -1.04. The Morgan fingerprint density at radius 3 is 2.35 bits per heavy atom. The molecule has 5 nitrogen and oxygen atoms in total. The Morgan fingerprint density at radius 1 is 1.15 bits per heavy atom. The average molecular weight is 289 g/mol. The van der Waals surface area contributed by atoms with Crippen LogP contribution in [0.4, 0.5) is 5.69 Å². The third kappa shape index (κ3) is 7.53. The van der Waals surface area contributed by atoms with Gasteiger partial charge in [0.15, 0.2) is 0 Å².